The molecule has 4 rings (SSSR count). The number of hydrogen-bond donors (Lipinski definition) is 3. The minimum absolute atomic E-state index is 0.0442. The quantitative estimate of drug-likeness (QED) is 0.447. The van der Waals surface area contributed by atoms with Gasteiger partial charge in [-0.2, -0.15) is 4.52 Å². The first kappa shape index (κ1) is 19.2. The second kappa shape index (κ2) is 8.06. The van der Waals surface area contributed by atoms with Crippen molar-refractivity contribution in [3.8, 4) is 5.75 Å². The number of rotatable bonds is 6. The molecule has 0 aliphatic rings. The Kier molecular flexibility index (Phi) is 5.33. The number of nitrogens with one attached hydrogen (secondary N) is 1. The molecule has 0 bridgehead atoms. The van der Waals surface area contributed by atoms with Crippen molar-refractivity contribution in [2.75, 3.05) is 11.9 Å². The number of hydrogen-bond acceptors (Lipinski definition) is 6. The standard InChI is InChI=1S/C21H20ClN5O2/c1-13(14-3-6-17(29)7-4-14)21-25-24-20-9-8-19(26-27(20)21)23-18-12-16(22)5-2-15(18)10-11-28/h2-9,12-13,28-29H,10-11H2,1H3,(H,23,26)/t13-/m0/s1. The summed E-state index contributed by atoms with van der Waals surface area (Å²) < 4.78 is 1.70. The summed E-state index contributed by atoms with van der Waals surface area (Å²) in [7, 11) is 0. The van der Waals surface area contributed by atoms with E-state index in [1.165, 1.54) is 0 Å². The minimum atomic E-state index is -0.0653. The second-order valence-corrected chi connectivity index (χ2v) is 7.20. The summed E-state index contributed by atoms with van der Waals surface area (Å²) in [5, 5.41) is 35.9. The van der Waals surface area contributed by atoms with Crippen LogP contribution < -0.4 is 5.32 Å². The van der Waals surface area contributed by atoms with Crippen molar-refractivity contribution >= 4 is 28.8 Å². The third-order valence-corrected chi connectivity index (χ3v) is 5.02. The lowest BCUT2D eigenvalue weighted by molar-refractivity contribution is 0.300. The summed E-state index contributed by atoms with van der Waals surface area (Å²) in [6.07, 6.45) is 0.511. The fourth-order valence-corrected chi connectivity index (χ4v) is 3.37. The lowest BCUT2D eigenvalue weighted by Crippen LogP contribution is -2.07. The number of aliphatic hydroxyl groups is 1. The van der Waals surface area contributed by atoms with Crippen molar-refractivity contribution in [2.45, 2.75) is 19.3 Å². The van der Waals surface area contributed by atoms with Crippen LogP contribution in [0.3, 0.4) is 0 Å². The molecule has 1 atom stereocenters. The number of anilines is 2. The zero-order valence-electron chi connectivity index (χ0n) is 15.7. The van der Waals surface area contributed by atoms with Gasteiger partial charge in [0.15, 0.2) is 17.3 Å². The number of phenolic OH excluding ortho intramolecular Hbond substituents is 1. The van der Waals surface area contributed by atoms with E-state index < -0.39 is 0 Å². The smallest absolute Gasteiger partial charge is 0.178 e. The predicted molar refractivity (Wildman–Crippen MR) is 112 cm³/mol. The van der Waals surface area contributed by atoms with Crippen molar-refractivity contribution in [3.05, 3.63) is 76.6 Å². The summed E-state index contributed by atoms with van der Waals surface area (Å²) >= 11 is 6.14. The molecule has 4 aromatic rings. The molecular weight excluding hydrogens is 390 g/mol. The maximum Gasteiger partial charge on any atom is 0.178 e. The third kappa shape index (κ3) is 4.01. The highest BCUT2D eigenvalue weighted by molar-refractivity contribution is 6.30. The molecule has 2 aromatic heterocycles. The Balaban J connectivity index is 1.69. The molecule has 0 saturated heterocycles. The van der Waals surface area contributed by atoms with Crippen LogP contribution in [0.1, 0.15) is 29.8 Å². The molecule has 2 heterocycles. The lowest BCUT2D eigenvalue weighted by atomic mass is 10.0. The molecule has 0 unspecified atom stereocenters. The van der Waals surface area contributed by atoms with Crippen LogP contribution in [0.15, 0.2) is 54.6 Å². The Bertz CT molecular complexity index is 1140. The van der Waals surface area contributed by atoms with Gasteiger partial charge >= 0.3 is 0 Å². The van der Waals surface area contributed by atoms with Gasteiger partial charge in [0.05, 0.1) is 0 Å². The number of benzene rings is 2. The summed E-state index contributed by atoms with van der Waals surface area (Å²) in [6.45, 7) is 2.06. The van der Waals surface area contributed by atoms with E-state index in [0.717, 1.165) is 16.8 Å². The number of aromatic hydroxyl groups is 1. The Morgan fingerprint density at radius 1 is 1.07 bits per heavy atom. The molecule has 8 heteroatoms. The molecular formula is C21H20ClN5O2. The molecule has 0 radical (unpaired) electrons. The van der Waals surface area contributed by atoms with Gasteiger partial charge in [-0.1, -0.05) is 36.7 Å². The molecule has 2 aromatic carbocycles. The molecule has 29 heavy (non-hydrogen) atoms. The average Bonchev–Trinajstić information content (AvgIpc) is 3.13. The van der Waals surface area contributed by atoms with E-state index in [4.69, 9.17) is 11.6 Å². The number of fused-ring (bicyclic) bond motifs is 1. The van der Waals surface area contributed by atoms with E-state index in [2.05, 4.69) is 20.6 Å². The maximum absolute atomic E-state index is 9.52. The lowest BCUT2D eigenvalue weighted by Gasteiger charge is -2.13. The van der Waals surface area contributed by atoms with E-state index in [-0.39, 0.29) is 18.3 Å². The van der Waals surface area contributed by atoms with E-state index >= 15 is 0 Å². The molecule has 7 nitrogen and oxygen atoms in total. The van der Waals surface area contributed by atoms with Crippen LogP contribution in [0.2, 0.25) is 5.02 Å². The largest absolute Gasteiger partial charge is 0.508 e. The van der Waals surface area contributed by atoms with Crippen LogP contribution in [-0.4, -0.2) is 36.6 Å². The van der Waals surface area contributed by atoms with Crippen molar-refractivity contribution in [1.29, 1.82) is 0 Å². The van der Waals surface area contributed by atoms with Gasteiger partial charge in [-0.3, -0.25) is 0 Å². The average molecular weight is 410 g/mol. The van der Waals surface area contributed by atoms with Crippen molar-refractivity contribution in [1.82, 2.24) is 19.8 Å². The first-order valence-corrected chi connectivity index (χ1v) is 9.60. The summed E-state index contributed by atoms with van der Waals surface area (Å²) in [6, 6.07) is 16.2. The van der Waals surface area contributed by atoms with Gasteiger partial charge in [-0.05, 0) is 53.9 Å². The van der Waals surface area contributed by atoms with Crippen molar-refractivity contribution in [3.63, 3.8) is 0 Å². The molecule has 148 valence electrons. The van der Waals surface area contributed by atoms with Crippen LogP contribution in [-0.2, 0) is 6.42 Å². The zero-order valence-corrected chi connectivity index (χ0v) is 16.5. The topological polar surface area (TPSA) is 95.6 Å². The summed E-state index contributed by atoms with van der Waals surface area (Å²) in [4.78, 5) is 0. The van der Waals surface area contributed by atoms with Gasteiger partial charge in [-0.25, -0.2) is 0 Å². The molecule has 0 aliphatic heterocycles. The van der Waals surface area contributed by atoms with Crippen LogP contribution in [0.5, 0.6) is 5.75 Å². The van der Waals surface area contributed by atoms with E-state index in [1.807, 2.05) is 43.3 Å². The fourth-order valence-electron chi connectivity index (χ4n) is 3.20. The van der Waals surface area contributed by atoms with E-state index in [1.54, 1.807) is 22.7 Å². The predicted octanol–water partition coefficient (Wildman–Crippen LogP) is 3.91. The van der Waals surface area contributed by atoms with Gasteiger partial charge in [0.25, 0.3) is 0 Å². The van der Waals surface area contributed by atoms with Crippen LogP contribution in [0, 0.1) is 0 Å². The molecule has 0 aliphatic carbocycles. The number of aliphatic hydroxyl groups excluding tert-OH is 1. The van der Waals surface area contributed by atoms with Crippen LogP contribution >= 0.6 is 11.6 Å². The van der Waals surface area contributed by atoms with Gasteiger partial charge in [0, 0.05) is 23.2 Å². The van der Waals surface area contributed by atoms with Gasteiger partial charge in [0.2, 0.25) is 0 Å². The number of aromatic nitrogens is 4. The molecule has 0 saturated carbocycles. The highest BCUT2D eigenvalue weighted by atomic mass is 35.5. The summed E-state index contributed by atoms with van der Waals surface area (Å²) in [5.74, 6) is 1.45. The Morgan fingerprint density at radius 2 is 1.86 bits per heavy atom. The SMILES string of the molecule is C[C@@H](c1ccc(O)cc1)c1nnc2ccc(Nc3cc(Cl)ccc3CCO)nn12. The molecule has 0 spiro atoms. The fraction of sp³-hybridized carbons (Fsp3) is 0.190. The van der Waals surface area contributed by atoms with Crippen LogP contribution in [0.25, 0.3) is 5.65 Å². The van der Waals surface area contributed by atoms with Gasteiger partial charge < -0.3 is 15.5 Å². The third-order valence-electron chi connectivity index (χ3n) is 4.78. The Morgan fingerprint density at radius 3 is 2.62 bits per heavy atom. The maximum atomic E-state index is 9.52. The minimum Gasteiger partial charge on any atom is -0.508 e. The summed E-state index contributed by atoms with van der Waals surface area (Å²) in [5.41, 5.74) is 3.37. The molecule has 3 N–H and O–H groups in total. The first-order chi connectivity index (χ1) is 14.0. The van der Waals surface area contributed by atoms with Crippen molar-refractivity contribution in [2.24, 2.45) is 0 Å². The highest BCUT2D eigenvalue weighted by Gasteiger charge is 2.17. The van der Waals surface area contributed by atoms with E-state index in [0.29, 0.717) is 28.7 Å². The van der Waals surface area contributed by atoms with Gasteiger partial charge in [-0.15, -0.1) is 15.3 Å². The van der Waals surface area contributed by atoms with Gasteiger partial charge in [0.1, 0.15) is 5.75 Å². The van der Waals surface area contributed by atoms with Crippen LogP contribution in [0.4, 0.5) is 11.5 Å². The highest BCUT2D eigenvalue weighted by Crippen LogP contribution is 2.27. The van der Waals surface area contributed by atoms with Crippen molar-refractivity contribution < 1.29 is 10.2 Å². The first-order valence-electron chi connectivity index (χ1n) is 9.23. The molecule has 0 fully saturated rings. The number of phenols is 1. The number of nitrogens with zero attached hydrogens (tertiary/aromatic N) is 4. The normalized spacial score (nSPS) is 12.2. The second-order valence-electron chi connectivity index (χ2n) is 6.76. The molecule has 0 amide bonds. The zero-order chi connectivity index (χ0) is 20.4. The number of halogens is 1. The van der Waals surface area contributed by atoms with E-state index in [9.17, 15) is 10.2 Å². The monoisotopic (exact) mass is 409 g/mol. The Hall–Kier alpha value is -3.16. The Labute approximate surface area is 172 Å².